The van der Waals surface area contributed by atoms with E-state index in [2.05, 4.69) is 32.2 Å². The molecule has 0 bridgehead atoms. The van der Waals surface area contributed by atoms with Crippen LogP contribution in [0, 0.1) is 29.6 Å². The SMILES string of the molecule is CCC(C)(C)C1CCc2c(sc(NC(=O)CN3CCN(S(=O)(=O)c4ccc(C)cc4)CC3)c2C#N)C1. The summed E-state index contributed by atoms with van der Waals surface area (Å²) in [4.78, 5) is 16.4. The molecule has 0 spiro atoms. The molecule has 2 aliphatic rings. The molecule has 1 amide bonds. The molecule has 2 aromatic rings. The normalized spacial score (nSPS) is 19.5. The number of carbonyl (C=O) groups excluding carboxylic acids is 1. The van der Waals surface area contributed by atoms with Crippen molar-refractivity contribution in [3.05, 3.63) is 45.8 Å². The van der Waals surface area contributed by atoms with Crippen LogP contribution in [0.15, 0.2) is 29.2 Å². The average Bonchev–Trinajstić information content (AvgIpc) is 3.20. The summed E-state index contributed by atoms with van der Waals surface area (Å²) in [7, 11) is -3.54. The lowest BCUT2D eigenvalue weighted by molar-refractivity contribution is -0.117. The van der Waals surface area contributed by atoms with Crippen LogP contribution in [-0.4, -0.2) is 56.3 Å². The van der Waals surface area contributed by atoms with Crippen molar-refractivity contribution in [1.29, 1.82) is 5.26 Å². The standard InChI is InChI=1S/C27H36N4O3S2/c1-5-27(3,4)20-8-11-22-23(17-28)26(35-24(22)16-20)29-25(32)18-30-12-14-31(15-13-30)36(33,34)21-9-6-19(2)7-10-21/h6-7,9-10,20H,5,8,11-16,18H2,1-4H3,(H,29,32). The van der Waals surface area contributed by atoms with Gasteiger partial charge in [-0.2, -0.15) is 9.57 Å². The van der Waals surface area contributed by atoms with Gasteiger partial charge in [0.15, 0.2) is 0 Å². The molecular weight excluding hydrogens is 492 g/mol. The maximum atomic E-state index is 12.9. The Hall–Kier alpha value is -2.25. The Labute approximate surface area is 219 Å². The first-order valence-corrected chi connectivity index (χ1v) is 14.9. The van der Waals surface area contributed by atoms with Crippen molar-refractivity contribution in [2.75, 3.05) is 38.0 Å². The highest BCUT2D eigenvalue weighted by Gasteiger charge is 2.34. The molecule has 1 saturated heterocycles. The van der Waals surface area contributed by atoms with E-state index in [0.717, 1.165) is 36.8 Å². The first kappa shape index (κ1) is 26.8. The minimum Gasteiger partial charge on any atom is -0.315 e. The number of nitriles is 1. The molecule has 1 fully saturated rings. The van der Waals surface area contributed by atoms with E-state index >= 15 is 0 Å². The van der Waals surface area contributed by atoms with E-state index in [1.54, 1.807) is 35.6 Å². The molecule has 1 N–H and O–H groups in total. The van der Waals surface area contributed by atoms with E-state index in [-0.39, 0.29) is 17.9 Å². The van der Waals surface area contributed by atoms with Crippen molar-refractivity contribution in [3.63, 3.8) is 0 Å². The zero-order chi connectivity index (χ0) is 26.1. The van der Waals surface area contributed by atoms with Gasteiger partial charge in [-0.25, -0.2) is 8.42 Å². The molecule has 1 aliphatic heterocycles. The quantitative estimate of drug-likeness (QED) is 0.574. The third kappa shape index (κ3) is 5.52. The summed E-state index contributed by atoms with van der Waals surface area (Å²) in [5, 5.41) is 13.5. The smallest absolute Gasteiger partial charge is 0.243 e. The highest BCUT2D eigenvalue weighted by Crippen LogP contribution is 2.45. The molecule has 2 heterocycles. The molecule has 36 heavy (non-hydrogen) atoms. The number of hydrogen-bond donors (Lipinski definition) is 1. The summed E-state index contributed by atoms with van der Waals surface area (Å²) in [6.07, 6.45) is 4.04. The number of piperazine rings is 1. The zero-order valence-electron chi connectivity index (χ0n) is 21.6. The van der Waals surface area contributed by atoms with E-state index in [1.165, 1.54) is 9.18 Å². The number of fused-ring (bicyclic) bond motifs is 1. The predicted molar refractivity (Wildman–Crippen MR) is 144 cm³/mol. The number of nitrogens with one attached hydrogen (secondary N) is 1. The minimum atomic E-state index is -3.54. The van der Waals surface area contributed by atoms with E-state index in [4.69, 9.17) is 0 Å². The van der Waals surface area contributed by atoms with Crippen LogP contribution >= 0.6 is 11.3 Å². The third-order valence-electron chi connectivity index (χ3n) is 8.00. The zero-order valence-corrected chi connectivity index (χ0v) is 23.3. The number of carbonyl (C=O) groups is 1. The van der Waals surface area contributed by atoms with Crippen LogP contribution < -0.4 is 5.32 Å². The van der Waals surface area contributed by atoms with Crippen molar-refractivity contribution in [2.45, 2.75) is 58.3 Å². The van der Waals surface area contributed by atoms with Gasteiger partial charge >= 0.3 is 0 Å². The fourth-order valence-corrected chi connectivity index (χ4v) is 7.82. The Morgan fingerprint density at radius 3 is 2.47 bits per heavy atom. The fraction of sp³-hybridized carbons (Fsp3) is 0.556. The Balaban J connectivity index is 1.35. The van der Waals surface area contributed by atoms with Crippen LogP contribution in [0.4, 0.5) is 5.00 Å². The first-order chi connectivity index (χ1) is 17.0. The molecule has 1 aromatic heterocycles. The number of amides is 1. The van der Waals surface area contributed by atoms with Crippen LogP contribution in [0.3, 0.4) is 0 Å². The molecule has 7 nitrogen and oxygen atoms in total. The maximum absolute atomic E-state index is 12.9. The Morgan fingerprint density at radius 1 is 1.19 bits per heavy atom. The molecule has 4 rings (SSSR count). The summed E-state index contributed by atoms with van der Waals surface area (Å²) in [5.41, 5.74) is 2.99. The molecule has 1 unspecified atom stereocenters. The van der Waals surface area contributed by atoms with Gasteiger partial charge in [0.2, 0.25) is 15.9 Å². The molecule has 1 atom stereocenters. The Kier molecular flexibility index (Phi) is 7.91. The first-order valence-electron chi connectivity index (χ1n) is 12.7. The summed E-state index contributed by atoms with van der Waals surface area (Å²) >= 11 is 1.55. The van der Waals surface area contributed by atoms with Gasteiger partial charge in [-0.1, -0.05) is 44.9 Å². The number of hydrogen-bond acceptors (Lipinski definition) is 6. The number of anilines is 1. The molecule has 9 heteroatoms. The summed E-state index contributed by atoms with van der Waals surface area (Å²) < 4.78 is 27.4. The molecule has 1 aromatic carbocycles. The highest BCUT2D eigenvalue weighted by molar-refractivity contribution is 7.89. The van der Waals surface area contributed by atoms with Gasteiger partial charge in [0, 0.05) is 31.1 Å². The van der Waals surface area contributed by atoms with Crippen molar-refractivity contribution in [2.24, 2.45) is 11.3 Å². The fourth-order valence-electron chi connectivity index (χ4n) is 5.10. The maximum Gasteiger partial charge on any atom is 0.243 e. The second-order valence-corrected chi connectivity index (χ2v) is 13.7. The van der Waals surface area contributed by atoms with Gasteiger partial charge in [0.25, 0.3) is 0 Å². The third-order valence-corrected chi connectivity index (χ3v) is 11.1. The predicted octanol–water partition coefficient (Wildman–Crippen LogP) is 4.41. The molecule has 1 aliphatic carbocycles. The number of nitrogens with zero attached hydrogens (tertiary/aromatic N) is 3. The Bertz CT molecular complexity index is 1250. The lowest BCUT2D eigenvalue weighted by atomic mass is 9.69. The lowest BCUT2D eigenvalue weighted by Gasteiger charge is -2.36. The van der Waals surface area contributed by atoms with Gasteiger partial charge in [0.1, 0.15) is 11.1 Å². The number of rotatable bonds is 7. The number of thiophene rings is 1. The number of sulfonamides is 1. The average molecular weight is 529 g/mol. The Morgan fingerprint density at radius 2 is 1.86 bits per heavy atom. The second-order valence-electron chi connectivity index (χ2n) is 10.6. The van der Waals surface area contributed by atoms with Crippen molar-refractivity contribution >= 4 is 32.3 Å². The summed E-state index contributed by atoms with van der Waals surface area (Å²) in [6, 6.07) is 9.22. The molecule has 194 valence electrons. The summed E-state index contributed by atoms with van der Waals surface area (Å²) in [6.45, 7) is 10.6. The highest BCUT2D eigenvalue weighted by atomic mass is 32.2. The lowest BCUT2D eigenvalue weighted by Crippen LogP contribution is -2.50. The van der Waals surface area contributed by atoms with Crippen molar-refractivity contribution in [1.82, 2.24) is 9.21 Å². The molecule has 0 saturated carbocycles. The van der Waals surface area contributed by atoms with E-state index < -0.39 is 10.0 Å². The largest absolute Gasteiger partial charge is 0.315 e. The van der Waals surface area contributed by atoms with Crippen molar-refractivity contribution < 1.29 is 13.2 Å². The van der Waals surface area contributed by atoms with Gasteiger partial charge in [-0.3, -0.25) is 9.69 Å². The van der Waals surface area contributed by atoms with Gasteiger partial charge in [-0.15, -0.1) is 11.3 Å². The van der Waals surface area contributed by atoms with Crippen molar-refractivity contribution in [3.8, 4) is 6.07 Å². The van der Waals surface area contributed by atoms with E-state index in [9.17, 15) is 18.5 Å². The number of benzene rings is 1. The topological polar surface area (TPSA) is 93.5 Å². The van der Waals surface area contributed by atoms with Crippen LogP contribution in [0.1, 0.15) is 55.2 Å². The van der Waals surface area contributed by atoms with Crippen LogP contribution in [0.5, 0.6) is 0 Å². The van der Waals surface area contributed by atoms with Crippen LogP contribution in [0.2, 0.25) is 0 Å². The summed E-state index contributed by atoms with van der Waals surface area (Å²) in [5.74, 6) is 0.418. The minimum absolute atomic E-state index is 0.162. The van der Waals surface area contributed by atoms with E-state index in [0.29, 0.717) is 47.6 Å². The van der Waals surface area contributed by atoms with Gasteiger partial charge < -0.3 is 5.32 Å². The second kappa shape index (κ2) is 10.6. The molecular formula is C27H36N4O3S2. The van der Waals surface area contributed by atoms with Gasteiger partial charge in [-0.05, 0) is 55.2 Å². The number of aryl methyl sites for hydroxylation is 1. The van der Waals surface area contributed by atoms with Crippen LogP contribution in [0.25, 0.3) is 0 Å². The van der Waals surface area contributed by atoms with E-state index in [1.807, 2.05) is 11.8 Å². The van der Waals surface area contributed by atoms with Crippen LogP contribution in [-0.2, 0) is 27.7 Å². The molecule has 0 radical (unpaired) electrons. The van der Waals surface area contributed by atoms with Gasteiger partial charge in [0.05, 0.1) is 17.0 Å². The monoisotopic (exact) mass is 528 g/mol.